The van der Waals surface area contributed by atoms with E-state index in [9.17, 15) is 14.7 Å². The summed E-state index contributed by atoms with van der Waals surface area (Å²) in [4.78, 5) is 24.0. The van der Waals surface area contributed by atoms with Crippen LogP contribution in [0.3, 0.4) is 0 Å². The van der Waals surface area contributed by atoms with Crippen LogP contribution in [0.1, 0.15) is 48.0 Å². The van der Waals surface area contributed by atoms with Gasteiger partial charge in [0, 0.05) is 18.6 Å². The summed E-state index contributed by atoms with van der Waals surface area (Å²) in [6.45, 7) is 12.3. The summed E-state index contributed by atoms with van der Waals surface area (Å²) in [6, 6.07) is 0. The molecule has 0 radical (unpaired) electrons. The van der Waals surface area contributed by atoms with Crippen molar-refractivity contribution in [2.24, 2.45) is 11.3 Å². The third-order valence-electron chi connectivity index (χ3n) is 3.29. The Labute approximate surface area is 115 Å². The smallest absolute Gasteiger partial charge is 0.308 e. The molecule has 0 saturated carbocycles. The number of carboxylic acid groups (broad SMARTS) is 2. The average molecular weight is 273 g/mol. The number of hydrogen-bond acceptors (Lipinski definition) is 3. The lowest BCUT2D eigenvalue weighted by Gasteiger charge is -2.40. The number of hydrogen-bond donors (Lipinski definition) is 2. The van der Waals surface area contributed by atoms with Crippen molar-refractivity contribution in [3.05, 3.63) is 0 Å². The molecule has 19 heavy (non-hydrogen) atoms. The minimum absolute atomic E-state index is 0.0216. The molecule has 0 spiro atoms. The lowest BCUT2D eigenvalue weighted by molar-refractivity contribution is -0.147. The van der Waals surface area contributed by atoms with Gasteiger partial charge >= 0.3 is 11.9 Å². The summed E-state index contributed by atoms with van der Waals surface area (Å²) in [7, 11) is 0. The predicted octanol–water partition coefficient (Wildman–Crippen LogP) is 2.31. The monoisotopic (exact) mass is 273 g/mol. The van der Waals surface area contributed by atoms with Crippen molar-refractivity contribution in [2.45, 2.75) is 53.5 Å². The molecule has 0 amide bonds. The van der Waals surface area contributed by atoms with Gasteiger partial charge in [-0.15, -0.1) is 0 Å². The highest BCUT2D eigenvalue weighted by atomic mass is 16.4. The van der Waals surface area contributed by atoms with Crippen molar-refractivity contribution >= 4 is 11.9 Å². The van der Waals surface area contributed by atoms with Crippen LogP contribution in [0.5, 0.6) is 0 Å². The number of nitrogens with zero attached hydrogens (tertiary/aromatic N) is 1. The molecule has 0 aliphatic rings. The van der Waals surface area contributed by atoms with Gasteiger partial charge < -0.3 is 10.2 Å². The van der Waals surface area contributed by atoms with Crippen LogP contribution in [0.25, 0.3) is 0 Å². The predicted molar refractivity (Wildman–Crippen MR) is 74.2 cm³/mol. The molecule has 0 aromatic carbocycles. The van der Waals surface area contributed by atoms with E-state index < -0.39 is 17.9 Å². The zero-order chi connectivity index (χ0) is 15.4. The normalized spacial score (nSPS) is 14.5. The summed E-state index contributed by atoms with van der Waals surface area (Å²) < 4.78 is 0. The Balaban J connectivity index is 4.97. The minimum Gasteiger partial charge on any atom is -0.481 e. The Bertz CT molecular complexity index is 325. The van der Waals surface area contributed by atoms with Crippen molar-refractivity contribution in [1.82, 2.24) is 4.90 Å². The molecule has 0 aliphatic heterocycles. The van der Waals surface area contributed by atoms with Gasteiger partial charge in [-0.1, -0.05) is 20.8 Å². The molecule has 112 valence electrons. The summed E-state index contributed by atoms with van der Waals surface area (Å²) in [6.07, 6.45) is 0.0216. The van der Waals surface area contributed by atoms with Crippen LogP contribution < -0.4 is 0 Å². The van der Waals surface area contributed by atoms with E-state index in [1.807, 2.05) is 46.4 Å². The quantitative estimate of drug-likeness (QED) is 0.776. The lowest BCUT2D eigenvalue weighted by atomic mass is 9.80. The lowest BCUT2D eigenvalue weighted by Crippen LogP contribution is -2.49. The first-order valence-corrected chi connectivity index (χ1v) is 6.55. The van der Waals surface area contributed by atoms with Crippen molar-refractivity contribution < 1.29 is 19.8 Å². The SMILES string of the molecule is CC(C)(C)C(CN(CCC(=O)O)C(C)(C)C)C(=O)O. The third kappa shape index (κ3) is 6.57. The first-order valence-electron chi connectivity index (χ1n) is 6.55. The van der Waals surface area contributed by atoms with E-state index >= 15 is 0 Å². The van der Waals surface area contributed by atoms with Gasteiger partial charge in [-0.3, -0.25) is 14.5 Å². The van der Waals surface area contributed by atoms with E-state index in [0.29, 0.717) is 13.1 Å². The van der Waals surface area contributed by atoms with Gasteiger partial charge in [0.2, 0.25) is 0 Å². The van der Waals surface area contributed by atoms with Gasteiger partial charge in [-0.05, 0) is 26.2 Å². The number of carboxylic acids is 2. The highest BCUT2D eigenvalue weighted by Crippen LogP contribution is 2.29. The van der Waals surface area contributed by atoms with Gasteiger partial charge in [0.1, 0.15) is 0 Å². The van der Waals surface area contributed by atoms with E-state index in [1.54, 1.807) is 0 Å². The second kappa shape index (κ2) is 6.37. The van der Waals surface area contributed by atoms with Gasteiger partial charge in [0.15, 0.2) is 0 Å². The van der Waals surface area contributed by atoms with Gasteiger partial charge in [-0.2, -0.15) is 0 Å². The Morgan fingerprint density at radius 2 is 1.53 bits per heavy atom. The molecule has 0 heterocycles. The molecule has 0 fully saturated rings. The zero-order valence-electron chi connectivity index (χ0n) is 12.9. The standard InChI is InChI=1S/C14H27NO4/c1-13(2,3)10(12(18)19)9-15(14(4,5)6)8-7-11(16)17/h10H,7-9H2,1-6H3,(H,16,17)(H,18,19). The van der Waals surface area contributed by atoms with Crippen molar-refractivity contribution in [2.75, 3.05) is 13.1 Å². The highest BCUT2D eigenvalue weighted by molar-refractivity contribution is 5.71. The van der Waals surface area contributed by atoms with Crippen LogP contribution >= 0.6 is 0 Å². The maximum Gasteiger partial charge on any atom is 0.308 e. The average Bonchev–Trinajstić information content (AvgIpc) is 2.11. The molecule has 0 bridgehead atoms. The molecule has 0 rings (SSSR count). The fourth-order valence-corrected chi connectivity index (χ4v) is 1.87. The maximum atomic E-state index is 11.4. The van der Waals surface area contributed by atoms with Gasteiger partial charge in [0.25, 0.3) is 0 Å². The molecular weight excluding hydrogens is 246 g/mol. The second-order valence-electron chi connectivity index (χ2n) is 7.02. The van der Waals surface area contributed by atoms with Gasteiger partial charge in [0.05, 0.1) is 12.3 Å². The van der Waals surface area contributed by atoms with Gasteiger partial charge in [-0.25, -0.2) is 0 Å². The zero-order valence-corrected chi connectivity index (χ0v) is 12.9. The molecule has 0 aromatic heterocycles. The Kier molecular flexibility index (Phi) is 6.00. The molecule has 0 aliphatic carbocycles. The second-order valence-corrected chi connectivity index (χ2v) is 7.02. The number of aliphatic carboxylic acids is 2. The summed E-state index contributed by atoms with van der Waals surface area (Å²) >= 11 is 0. The molecule has 0 saturated heterocycles. The summed E-state index contributed by atoms with van der Waals surface area (Å²) in [5.41, 5.74) is -0.618. The molecule has 1 atom stereocenters. The van der Waals surface area contributed by atoms with Crippen molar-refractivity contribution in [1.29, 1.82) is 0 Å². The molecular formula is C14H27NO4. The fraction of sp³-hybridized carbons (Fsp3) is 0.857. The van der Waals surface area contributed by atoms with Crippen LogP contribution in [0.2, 0.25) is 0 Å². The molecule has 5 heteroatoms. The van der Waals surface area contributed by atoms with Crippen LogP contribution in [0.15, 0.2) is 0 Å². The third-order valence-corrected chi connectivity index (χ3v) is 3.29. The van der Waals surface area contributed by atoms with E-state index in [4.69, 9.17) is 5.11 Å². The van der Waals surface area contributed by atoms with Crippen LogP contribution in [-0.2, 0) is 9.59 Å². The highest BCUT2D eigenvalue weighted by Gasteiger charge is 2.35. The van der Waals surface area contributed by atoms with Crippen LogP contribution in [-0.4, -0.2) is 45.7 Å². The van der Waals surface area contributed by atoms with E-state index in [2.05, 4.69) is 0 Å². The molecule has 5 nitrogen and oxygen atoms in total. The van der Waals surface area contributed by atoms with E-state index in [0.717, 1.165) is 0 Å². The summed E-state index contributed by atoms with van der Waals surface area (Å²) in [5.74, 6) is -2.23. The van der Waals surface area contributed by atoms with Crippen LogP contribution in [0.4, 0.5) is 0 Å². The topological polar surface area (TPSA) is 77.8 Å². The first-order chi connectivity index (χ1) is 8.35. The molecule has 0 aromatic rings. The van der Waals surface area contributed by atoms with E-state index in [1.165, 1.54) is 0 Å². The largest absolute Gasteiger partial charge is 0.481 e. The van der Waals surface area contributed by atoms with Crippen molar-refractivity contribution in [3.8, 4) is 0 Å². The Hall–Kier alpha value is -1.10. The molecule has 2 N–H and O–H groups in total. The molecule has 1 unspecified atom stereocenters. The minimum atomic E-state index is -0.864. The maximum absolute atomic E-state index is 11.4. The van der Waals surface area contributed by atoms with E-state index in [-0.39, 0.29) is 17.4 Å². The summed E-state index contributed by atoms with van der Waals surface area (Å²) in [5, 5.41) is 18.1. The Morgan fingerprint density at radius 3 is 1.79 bits per heavy atom. The Morgan fingerprint density at radius 1 is 1.05 bits per heavy atom. The fourth-order valence-electron chi connectivity index (χ4n) is 1.87. The number of rotatable bonds is 6. The first kappa shape index (κ1) is 17.9. The van der Waals surface area contributed by atoms with Crippen molar-refractivity contribution in [3.63, 3.8) is 0 Å². The van der Waals surface area contributed by atoms with Crippen LogP contribution in [0, 0.1) is 11.3 Å². The number of carbonyl (C=O) groups is 2.